The van der Waals surface area contributed by atoms with Gasteiger partial charge in [0, 0.05) is 11.3 Å². The van der Waals surface area contributed by atoms with E-state index in [1.165, 1.54) is 16.7 Å². The summed E-state index contributed by atoms with van der Waals surface area (Å²) in [5.74, 6) is 0.0102. The van der Waals surface area contributed by atoms with Crippen LogP contribution in [-0.4, -0.2) is 40.5 Å². The molecule has 180 valence electrons. The number of furan rings is 1. The predicted octanol–water partition coefficient (Wildman–Crippen LogP) is 4.62. The molecule has 1 aliphatic heterocycles. The quantitative estimate of drug-likeness (QED) is 0.304. The van der Waals surface area contributed by atoms with Crippen LogP contribution in [0.25, 0.3) is 11.6 Å². The van der Waals surface area contributed by atoms with E-state index in [0.29, 0.717) is 50.5 Å². The third kappa shape index (κ3) is 4.46. The number of rotatable bonds is 5. The van der Waals surface area contributed by atoms with Crippen molar-refractivity contribution in [2.24, 2.45) is 0 Å². The number of nitrogens with one attached hydrogen (secondary N) is 2. The molecule has 36 heavy (non-hydrogen) atoms. The summed E-state index contributed by atoms with van der Waals surface area (Å²) in [6.45, 7) is 1.68. The van der Waals surface area contributed by atoms with Crippen LogP contribution >= 0.6 is 11.8 Å². The van der Waals surface area contributed by atoms with Crippen molar-refractivity contribution in [1.82, 2.24) is 9.97 Å². The van der Waals surface area contributed by atoms with E-state index >= 15 is 0 Å². The molecular formula is C26H21N5O4S. The molecule has 2 N–H and O–H groups in total. The Morgan fingerprint density at radius 1 is 1.06 bits per heavy atom. The Morgan fingerprint density at radius 3 is 2.56 bits per heavy atom. The standard InChI is InChI=1S/C26H21N5O4S/c1-15-22(25(36-2)30-23(27-15)20-8-5-13-35-20)24(33)28-17-11-9-16(10-12-17)26(34)31-14-21(32)29-18-6-3-4-7-19(18)31/h3-13H,14H2,1-2H3,(H,28,33)(H,29,32). The summed E-state index contributed by atoms with van der Waals surface area (Å²) in [6.07, 6.45) is 3.38. The minimum absolute atomic E-state index is 0.0704. The van der Waals surface area contributed by atoms with Gasteiger partial charge in [0.25, 0.3) is 11.8 Å². The predicted molar refractivity (Wildman–Crippen MR) is 137 cm³/mol. The molecule has 3 amide bonds. The molecule has 4 aromatic rings. The molecule has 0 aliphatic carbocycles. The van der Waals surface area contributed by atoms with Crippen LogP contribution in [0.4, 0.5) is 17.1 Å². The molecule has 0 unspecified atom stereocenters. The molecule has 10 heteroatoms. The third-order valence-electron chi connectivity index (χ3n) is 5.62. The Balaban J connectivity index is 1.35. The van der Waals surface area contributed by atoms with Gasteiger partial charge in [0.2, 0.25) is 5.91 Å². The number of hydrogen-bond donors (Lipinski definition) is 2. The van der Waals surface area contributed by atoms with Crippen molar-refractivity contribution < 1.29 is 18.8 Å². The van der Waals surface area contributed by atoms with Gasteiger partial charge in [-0.3, -0.25) is 19.3 Å². The Kier molecular flexibility index (Phi) is 6.26. The monoisotopic (exact) mass is 499 g/mol. The minimum atomic E-state index is -0.358. The summed E-state index contributed by atoms with van der Waals surface area (Å²) in [4.78, 5) is 48.7. The lowest BCUT2D eigenvalue weighted by Gasteiger charge is -2.29. The fourth-order valence-electron chi connectivity index (χ4n) is 3.93. The van der Waals surface area contributed by atoms with Gasteiger partial charge < -0.3 is 15.1 Å². The highest BCUT2D eigenvalue weighted by molar-refractivity contribution is 7.98. The molecule has 0 radical (unpaired) electrons. The number of para-hydroxylation sites is 2. The zero-order chi connectivity index (χ0) is 25.2. The van der Waals surface area contributed by atoms with E-state index in [9.17, 15) is 14.4 Å². The van der Waals surface area contributed by atoms with Gasteiger partial charge in [-0.2, -0.15) is 0 Å². The number of carbonyl (C=O) groups is 3. The van der Waals surface area contributed by atoms with Gasteiger partial charge in [-0.25, -0.2) is 9.97 Å². The number of amides is 3. The first-order valence-corrected chi connectivity index (χ1v) is 12.3. The van der Waals surface area contributed by atoms with E-state index in [2.05, 4.69) is 20.6 Å². The molecule has 0 fully saturated rings. The minimum Gasteiger partial charge on any atom is -0.461 e. The molecule has 5 rings (SSSR count). The van der Waals surface area contributed by atoms with Crippen molar-refractivity contribution in [3.05, 3.63) is 83.7 Å². The van der Waals surface area contributed by atoms with Crippen LogP contribution < -0.4 is 15.5 Å². The number of anilines is 3. The van der Waals surface area contributed by atoms with Gasteiger partial charge in [-0.1, -0.05) is 12.1 Å². The Labute approximate surface area is 210 Å². The van der Waals surface area contributed by atoms with E-state index in [1.807, 2.05) is 12.3 Å². The summed E-state index contributed by atoms with van der Waals surface area (Å²) >= 11 is 1.34. The average Bonchev–Trinajstić information content (AvgIpc) is 3.43. The lowest BCUT2D eigenvalue weighted by atomic mass is 10.1. The molecule has 1 aliphatic rings. The highest BCUT2D eigenvalue weighted by Crippen LogP contribution is 2.30. The molecule has 0 atom stereocenters. The first-order valence-electron chi connectivity index (χ1n) is 11.0. The van der Waals surface area contributed by atoms with Crippen LogP contribution in [0.5, 0.6) is 0 Å². The Hall–Kier alpha value is -4.44. The molecule has 0 saturated heterocycles. The molecule has 2 aromatic carbocycles. The lowest BCUT2D eigenvalue weighted by molar-refractivity contribution is -0.115. The van der Waals surface area contributed by atoms with E-state index in [1.54, 1.807) is 67.8 Å². The summed E-state index contributed by atoms with van der Waals surface area (Å²) in [6, 6.07) is 17.2. The number of fused-ring (bicyclic) bond motifs is 1. The van der Waals surface area contributed by atoms with Crippen molar-refractivity contribution in [2.45, 2.75) is 11.9 Å². The normalized spacial score (nSPS) is 12.6. The molecule has 0 spiro atoms. The molecular weight excluding hydrogens is 478 g/mol. The number of aryl methyl sites for hydroxylation is 1. The second-order valence-electron chi connectivity index (χ2n) is 7.98. The maximum Gasteiger partial charge on any atom is 0.260 e. The van der Waals surface area contributed by atoms with Crippen LogP contribution in [0.15, 0.2) is 76.4 Å². The van der Waals surface area contributed by atoms with Crippen LogP contribution in [-0.2, 0) is 4.79 Å². The number of benzene rings is 2. The molecule has 2 aromatic heterocycles. The van der Waals surface area contributed by atoms with E-state index < -0.39 is 0 Å². The van der Waals surface area contributed by atoms with Crippen LogP contribution in [0.3, 0.4) is 0 Å². The lowest BCUT2D eigenvalue weighted by Crippen LogP contribution is -2.42. The highest BCUT2D eigenvalue weighted by Gasteiger charge is 2.27. The SMILES string of the molecule is CSc1nc(-c2ccco2)nc(C)c1C(=O)Nc1ccc(C(=O)N2CC(=O)Nc3ccccc32)cc1. The summed E-state index contributed by atoms with van der Waals surface area (Å²) in [7, 11) is 0. The summed E-state index contributed by atoms with van der Waals surface area (Å²) in [5, 5.41) is 6.15. The van der Waals surface area contributed by atoms with Crippen LogP contribution in [0.1, 0.15) is 26.4 Å². The second-order valence-corrected chi connectivity index (χ2v) is 8.78. The number of thioether (sulfide) groups is 1. The van der Waals surface area contributed by atoms with Crippen molar-refractivity contribution in [3.8, 4) is 11.6 Å². The van der Waals surface area contributed by atoms with Gasteiger partial charge in [0.05, 0.1) is 28.9 Å². The van der Waals surface area contributed by atoms with Crippen LogP contribution in [0.2, 0.25) is 0 Å². The van der Waals surface area contributed by atoms with Gasteiger partial charge in [0.15, 0.2) is 11.6 Å². The number of aromatic nitrogens is 2. The maximum atomic E-state index is 13.2. The van der Waals surface area contributed by atoms with Gasteiger partial charge in [-0.05, 0) is 61.7 Å². The third-order valence-corrected chi connectivity index (χ3v) is 6.31. The Morgan fingerprint density at radius 2 is 1.83 bits per heavy atom. The van der Waals surface area contributed by atoms with E-state index in [-0.39, 0.29) is 24.3 Å². The average molecular weight is 500 g/mol. The topological polar surface area (TPSA) is 117 Å². The van der Waals surface area contributed by atoms with Gasteiger partial charge in [-0.15, -0.1) is 11.8 Å². The highest BCUT2D eigenvalue weighted by atomic mass is 32.2. The van der Waals surface area contributed by atoms with Crippen molar-refractivity contribution in [3.63, 3.8) is 0 Å². The molecule has 9 nitrogen and oxygen atoms in total. The number of carbonyl (C=O) groups excluding carboxylic acids is 3. The van der Waals surface area contributed by atoms with E-state index in [4.69, 9.17) is 4.42 Å². The summed E-state index contributed by atoms with van der Waals surface area (Å²) < 4.78 is 5.38. The van der Waals surface area contributed by atoms with Crippen LogP contribution in [0, 0.1) is 6.92 Å². The second kappa shape index (κ2) is 9.67. The van der Waals surface area contributed by atoms with Crippen molar-refractivity contribution in [1.29, 1.82) is 0 Å². The first kappa shape index (κ1) is 23.3. The number of nitrogens with zero attached hydrogens (tertiary/aromatic N) is 3. The fraction of sp³-hybridized carbons (Fsp3) is 0.115. The zero-order valence-corrected chi connectivity index (χ0v) is 20.3. The van der Waals surface area contributed by atoms with Gasteiger partial charge >= 0.3 is 0 Å². The van der Waals surface area contributed by atoms with E-state index in [0.717, 1.165) is 0 Å². The maximum absolute atomic E-state index is 13.2. The zero-order valence-electron chi connectivity index (χ0n) is 19.4. The Bertz CT molecular complexity index is 1470. The fourth-order valence-corrected chi connectivity index (χ4v) is 4.55. The van der Waals surface area contributed by atoms with Crippen molar-refractivity contribution in [2.75, 3.05) is 28.3 Å². The molecule has 3 heterocycles. The molecule has 0 saturated carbocycles. The first-order chi connectivity index (χ1) is 17.4. The van der Waals surface area contributed by atoms with Crippen molar-refractivity contribution >= 4 is 46.5 Å². The number of hydrogen-bond acceptors (Lipinski definition) is 7. The summed E-state index contributed by atoms with van der Waals surface area (Å²) in [5.41, 5.74) is 3.02. The van der Waals surface area contributed by atoms with Gasteiger partial charge in [0.1, 0.15) is 11.6 Å². The smallest absolute Gasteiger partial charge is 0.260 e. The largest absolute Gasteiger partial charge is 0.461 e. The molecule has 0 bridgehead atoms.